The summed E-state index contributed by atoms with van der Waals surface area (Å²) in [7, 11) is 5.42. The Morgan fingerprint density at radius 2 is 1.61 bits per heavy atom. The smallest absolute Gasteiger partial charge is 0.309 e. The van der Waals surface area contributed by atoms with E-state index in [0.29, 0.717) is 25.9 Å². The van der Waals surface area contributed by atoms with Gasteiger partial charge in [0, 0.05) is 89.1 Å². The molecule has 4 fully saturated rings. The van der Waals surface area contributed by atoms with E-state index in [2.05, 4.69) is 50.4 Å². The predicted molar refractivity (Wildman–Crippen MR) is 271 cm³/mol. The second-order valence-electron chi connectivity index (χ2n) is 22.4. The van der Waals surface area contributed by atoms with Crippen molar-refractivity contribution in [3.63, 3.8) is 0 Å². The number of benzene rings is 1. The van der Waals surface area contributed by atoms with Gasteiger partial charge < -0.3 is 63.9 Å². The molecule has 1 aromatic carbocycles. The fraction of sp³-hybridized carbons (Fsp3) is 0.811. The second-order valence-corrected chi connectivity index (χ2v) is 23.2. The molecule has 1 aromatic heterocycles. The van der Waals surface area contributed by atoms with Crippen LogP contribution >= 0.6 is 11.3 Å². The second kappa shape index (κ2) is 23.9. The largest absolute Gasteiger partial charge is 0.459 e. The molecule has 0 bridgehead atoms. The lowest BCUT2D eigenvalue weighted by atomic mass is 9.68. The van der Waals surface area contributed by atoms with Crippen molar-refractivity contribution in [2.45, 2.75) is 192 Å². The summed E-state index contributed by atoms with van der Waals surface area (Å²) in [6.07, 6.45) is -6.30. The Bertz CT molecular complexity index is 1940. The minimum Gasteiger partial charge on any atom is -0.459 e. The van der Waals surface area contributed by atoms with Crippen LogP contribution < -0.4 is 4.90 Å². The number of esters is 1. The van der Waals surface area contributed by atoms with Gasteiger partial charge in [0.2, 0.25) is 0 Å². The van der Waals surface area contributed by atoms with E-state index in [0.717, 1.165) is 43.5 Å². The molecule has 70 heavy (non-hydrogen) atoms. The van der Waals surface area contributed by atoms with Crippen LogP contribution in [-0.4, -0.2) is 196 Å². The third-order valence-electron chi connectivity index (χ3n) is 16.6. The summed E-state index contributed by atoms with van der Waals surface area (Å²) in [5.74, 6) is -3.03. The number of cyclic esters (lactones) is 1. The van der Waals surface area contributed by atoms with Crippen molar-refractivity contribution in [2.75, 3.05) is 65.4 Å². The number of aliphatic hydroxyl groups is 5. The highest BCUT2D eigenvalue weighted by atomic mass is 32.1. The minimum atomic E-state index is -1.80. The van der Waals surface area contributed by atoms with Crippen molar-refractivity contribution >= 4 is 22.4 Å². The minimum absolute atomic E-state index is 0.151. The first-order valence-electron chi connectivity index (χ1n) is 26.0. The first-order chi connectivity index (χ1) is 32.9. The number of ether oxygens (including phenoxy) is 5. The SMILES string of the molecule is CC[C@H]1OC(=O)[C@H](C)[C@@H](C2C[C@@](C)(OC)[C@@H](O)[C@H](C)O2)[C@H](C)[C@@H](O[C@@H]2O[C@H](C)C[C@H](N(C)CCc3csc(N4CCN(Cc5ccccc5)CC4)n3)[C@H]2O)[C@](C)(O)C[C@@H](C)CN(C)[C@H](C)[C@@H](O)[C@]1(C)O. The normalized spacial score (nSPS) is 41.5. The molecule has 5 N–H and O–H groups in total. The summed E-state index contributed by atoms with van der Waals surface area (Å²) in [5.41, 5.74) is -2.06. The van der Waals surface area contributed by atoms with Gasteiger partial charge in [-0.25, -0.2) is 4.98 Å². The third kappa shape index (κ3) is 13.1. The molecule has 4 saturated heterocycles. The fourth-order valence-corrected chi connectivity index (χ4v) is 13.1. The zero-order chi connectivity index (χ0) is 51.5. The lowest BCUT2D eigenvalue weighted by Gasteiger charge is -2.51. The summed E-state index contributed by atoms with van der Waals surface area (Å²) >= 11 is 1.68. The first kappa shape index (κ1) is 56.9. The number of aromatic nitrogens is 1. The number of rotatable bonds is 12. The van der Waals surface area contributed by atoms with Gasteiger partial charge in [-0.05, 0) is 92.3 Å². The summed E-state index contributed by atoms with van der Waals surface area (Å²) in [5, 5.41) is 63.4. The molecule has 17 heteroatoms. The van der Waals surface area contributed by atoms with Crippen LogP contribution in [0, 0.1) is 23.7 Å². The van der Waals surface area contributed by atoms with Gasteiger partial charge in [0.25, 0.3) is 0 Å². The number of likely N-dealkylation sites (N-methyl/N-ethyl adjacent to an activating group) is 2. The Hall–Kier alpha value is -2.36. The molecule has 398 valence electrons. The number of hydrogen-bond acceptors (Lipinski definition) is 17. The average molecular weight is 1000 g/mol. The van der Waals surface area contributed by atoms with Gasteiger partial charge in [-0.1, -0.05) is 58.0 Å². The van der Waals surface area contributed by atoms with E-state index in [1.807, 2.05) is 53.6 Å². The zero-order valence-electron chi connectivity index (χ0n) is 44.4. The monoisotopic (exact) mass is 1000 g/mol. The number of carbonyl (C=O) groups excluding carboxylic acids is 1. The third-order valence-corrected chi connectivity index (χ3v) is 17.6. The molecule has 18 atom stereocenters. The van der Waals surface area contributed by atoms with E-state index in [4.69, 9.17) is 28.7 Å². The molecule has 4 aliphatic rings. The number of methoxy groups -OCH3 is 1. The van der Waals surface area contributed by atoms with Crippen LogP contribution in [0.2, 0.25) is 0 Å². The lowest BCUT2D eigenvalue weighted by Crippen LogP contribution is -2.62. The Balaban J connectivity index is 1.24. The van der Waals surface area contributed by atoms with E-state index in [1.165, 1.54) is 12.5 Å². The highest BCUT2D eigenvalue weighted by Crippen LogP contribution is 2.45. The Morgan fingerprint density at radius 3 is 2.26 bits per heavy atom. The van der Waals surface area contributed by atoms with Crippen LogP contribution in [0.1, 0.15) is 106 Å². The molecule has 4 aliphatic heterocycles. The van der Waals surface area contributed by atoms with E-state index in [-0.39, 0.29) is 37.3 Å². The van der Waals surface area contributed by atoms with E-state index in [1.54, 1.807) is 46.1 Å². The van der Waals surface area contributed by atoms with Gasteiger partial charge in [0.05, 0.1) is 47.2 Å². The van der Waals surface area contributed by atoms with Crippen LogP contribution in [0.15, 0.2) is 35.7 Å². The summed E-state index contributed by atoms with van der Waals surface area (Å²) in [6, 6.07) is 9.71. The standard InChI is InChI=1S/C53H89N5O11S/c1-14-42-53(10,64)45(60)36(6)56(12)29-32(2)27-51(8,63)47(34(4)43(35(5)48(62)68-42)41-28-52(9,65-13)46(61)37(7)67-41)69-49-44(59)40(26-33(3)66-49)55(11)21-20-39-31-70-50(54-39)58-24-22-57(23-25-58)30-38-18-16-15-17-19-38/h15-19,31-37,40-47,49,59-61,63-64H,14,20-30H2,1-13H3/t32-,33-,34+,35-,36-,37+,40+,41?,42-,43+,44-,45-,46+,47-,49+,51-,52-,53-/m1/s1. The van der Waals surface area contributed by atoms with Crippen molar-refractivity contribution in [1.29, 1.82) is 0 Å². The fourth-order valence-electron chi connectivity index (χ4n) is 12.2. The molecule has 5 heterocycles. The molecular weight excluding hydrogens is 915 g/mol. The van der Waals surface area contributed by atoms with Gasteiger partial charge in [0.15, 0.2) is 11.4 Å². The molecule has 0 spiro atoms. The van der Waals surface area contributed by atoms with E-state index >= 15 is 0 Å². The molecule has 0 radical (unpaired) electrons. The van der Waals surface area contributed by atoms with Gasteiger partial charge in [-0.2, -0.15) is 0 Å². The first-order valence-corrected chi connectivity index (χ1v) is 26.9. The number of carbonyl (C=O) groups is 1. The lowest BCUT2D eigenvalue weighted by molar-refractivity contribution is -0.302. The van der Waals surface area contributed by atoms with Crippen LogP contribution in [0.5, 0.6) is 0 Å². The number of hydrogen-bond donors (Lipinski definition) is 5. The van der Waals surface area contributed by atoms with Gasteiger partial charge in [-0.15, -0.1) is 11.3 Å². The van der Waals surface area contributed by atoms with Crippen molar-refractivity contribution in [2.24, 2.45) is 23.7 Å². The van der Waals surface area contributed by atoms with Gasteiger partial charge in [0.1, 0.15) is 30.0 Å². The predicted octanol–water partition coefficient (Wildman–Crippen LogP) is 4.57. The Morgan fingerprint density at radius 1 is 0.943 bits per heavy atom. The maximum atomic E-state index is 14.6. The molecule has 2 aromatic rings. The number of aliphatic hydroxyl groups excluding tert-OH is 3. The quantitative estimate of drug-likeness (QED) is 0.186. The van der Waals surface area contributed by atoms with Crippen molar-refractivity contribution in [1.82, 2.24) is 19.7 Å². The molecule has 1 unspecified atom stereocenters. The highest BCUT2D eigenvalue weighted by Gasteiger charge is 2.55. The summed E-state index contributed by atoms with van der Waals surface area (Å²) < 4.78 is 32.3. The molecule has 6 rings (SSSR count). The number of thiazole rings is 1. The average Bonchev–Trinajstić information content (AvgIpc) is 3.80. The number of nitrogens with zero attached hydrogens (tertiary/aromatic N) is 5. The maximum absolute atomic E-state index is 14.6. The van der Waals surface area contributed by atoms with Gasteiger partial charge in [-0.3, -0.25) is 9.69 Å². The molecule has 16 nitrogen and oxygen atoms in total. The van der Waals surface area contributed by atoms with Crippen LogP contribution in [0.25, 0.3) is 0 Å². The number of anilines is 1. The number of piperazine rings is 1. The summed E-state index contributed by atoms with van der Waals surface area (Å²) in [6.45, 7) is 24.0. The highest BCUT2D eigenvalue weighted by molar-refractivity contribution is 7.13. The topological polar surface area (TPSA) is 190 Å². The maximum Gasteiger partial charge on any atom is 0.309 e. The van der Waals surface area contributed by atoms with Gasteiger partial charge >= 0.3 is 5.97 Å². The van der Waals surface area contributed by atoms with Crippen molar-refractivity contribution in [3.05, 3.63) is 47.0 Å². The molecular formula is C53H89N5O11S. The Kier molecular flexibility index (Phi) is 19.4. The van der Waals surface area contributed by atoms with E-state index in [9.17, 15) is 30.3 Å². The molecule has 0 aliphatic carbocycles. The van der Waals surface area contributed by atoms with Crippen molar-refractivity contribution < 1.29 is 54.0 Å². The molecule has 0 amide bonds. The summed E-state index contributed by atoms with van der Waals surface area (Å²) in [4.78, 5) is 28.6. The van der Waals surface area contributed by atoms with Crippen molar-refractivity contribution in [3.8, 4) is 0 Å². The Labute approximate surface area is 422 Å². The van der Waals surface area contributed by atoms with Crippen LogP contribution in [0.4, 0.5) is 5.13 Å². The molecule has 0 saturated carbocycles. The van der Waals surface area contributed by atoms with Crippen LogP contribution in [0.3, 0.4) is 0 Å². The zero-order valence-corrected chi connectivity index (χ0v) is 45.3. The van der Waals surface area contributed by atoms with E-state index < -0.39 is 95.6 Å². The van der Waals surface area contributed by atoms with Crippen LogP contribution in [-0.2, 0) is 41.4 Å².